The van der Waals surface area contributed by atoms with Crippen LogP contribution < -0.4 is 5.32 Å². The van der Waals surface area contributed by atoms with Crippen LogP contribution in [-0.2, 0) is 22.9 Å². The minimum Gasteiger partial charge on any atom is -0.347 e. The van der Waals surface area contributed by atoms with Gasteiger partial charge in [-0.2, -0.15) is 0 Å². The Morgan fingerprint density at radius 3 is 2.71 bits per heavy atom. The molecule has 3 rings (SSSR count). The predicted molar refractivity (Wildman–Crippen MR) is 97.1 cm³/mol. The van der Waals surface area contributed by atoms with Crippen LogP contribution in [0.2, 0.25) is 0 Å². The van der Waals surface area contributed by atoms with Gasteiger partial charge in [-0.1, -0.05) is 12.8 Å². The first-order valence-electron chi connectivity index (χ1n) is 8.81. The van der Waals surface area contributed by atoms with Crippen molar-refractivity contribution in [3.05, 3.63) is 21.4 Å². The molecule has 5 nitrogen and oxygen atoms in total. The second-order valence-electron chi connectivity index (χ2n) is 6.91. The van der Waals surface area contributed by atoms with Crippen molar-refractivity contribution in [1.29, 1.82) is 0 Å². The van der Waals surface area contributed by atoms with Crippen LogP contribution in [0.15, 0.2) is 6.07 Å². The van der Waals surface area contributed by atoms with Crippen molar-refractivity contribution >= 4 is 27.3 Å². The molecule has 134 valence electrons. The lowest BCUT2D eigenvalue weighted by Gasteiger charge is -2.31. The van der Waals surface area contributed by atoms with E-state index in [1.165, 1.54) is 46.7 Å². The van der Waals surface area contributed by atoms with Gasteiger partial charge in [0.1, 0.15) is 0 Å². The molecule has 24 heavy (non-hydrogen) atoms. The number of nitrogens with zero attached hydrogens (tertiary/aromatic N) is 1. The smallest absolute Gasteiger partial charge is 0.261 e. The van der Waals surface area contributed by atoms with Crippen LogP contribution in [0.25, 0.3) is 0 Å². The van der Waals surface area contributed by atoms with Crippen molar-refractivity contribution in [2.24, 2.45) is 0 Å². The molecule has 1 amide bonds. The van der Waals surface area contributed by atoms with Gasteiger partial charge >= 0.3 is 0 Å². The number of hydrogen-bond donors (Lipinski definition) is 1. The van der Waals surface area contributed by atoms with Crippen LogP contribution in [0, 0.1) is 0 Å². The third-order valence-electron chi connectivity index (χ3n) is 4.91. The van der Waals surface area contributed by atoms with Crippen molar-refractivity contribution < 1.29 is 13.2 Å². The molecule has 0 bridgehead atoms. The van der Waals surface area contributed by atoms with Gasteiger partial charge in [0.25, 0.3) is 5.91 Å². The summed E-state index contributed by atoms with van der Waals surface area (Å²) in [5.41, 5.74) is 1.34. The highest BCUT2D eigenvalue weighted by Gasteiger charge is 2.27. The maximum absolute atomic E-state index is 12.6. The van der Waals surface area contributed by atoms with Gasteiger partial charge in [0, 0.05) is 24.0 Å². The van der Waals surface area contributed by atoms with E-state index in [0.29, 0.717) is 13.1 Å². The normalized spacial score (nSPS) is 23.1. The quantitative estimate of drug-likeness (QED) is 0.889. The molecule has 1 aliphatic carbocycles. The predicted octanol–water partition coefficient (Wildman–Crippen LogP) is 2.56. The van der Waals surface area contributed by atoms with Crippen molar-refractivity contribution in [3.8, 4) is 0 Å². The third kappa shape index (κ3) is 4.37. The first-order chi connectivity index (χ1) is 11.4. The van der Waals surface area contributed by atoms with Crippen LogP contribution in [-0.4, -0.2) is 44.0 Å². The molecule has 0 spiro atoms. The highest BCUT2D eigenvalue weighted by molar-refractivity contribution is 7.88. The molecule has 0 radical (unpaired) electrons. The van der Waals surface area contributed by atoms with E-state index in [0.717, 1.165) is 30.6 Å². The molecule has 0 saturated carbocycles. The molecule has 0 unspecified atom stereocenters. The highest BCUT2D eigenvalue weighted by atomic mass is 32.2. The monoisotopic (exact) mass is 370 g/mol. The van der Waals surface area contributed by atoms with E-state index in [1.807, 2.05) is 0 Å². The summed E-state index contributed by atoms with van der Waals surface area (Å²) in [5.74, 6) is -0.0490. The Morgan fingerprint density at radius 2 is 1.96 bits per heavy atom. The van der Waals surface area contributed by atoms with Gasteiger partial charge in [0.05, 0.1) is 11.1 Å². The molecule has 2 aliphatic rings. The van der Waals surface area contributed by atoms with Crippen LogP contribution in [0.3, 0.4) is 0 Å². The summed E-state index contributed by atoms with van der Waals surface area (Å²) in [4.78, 5) is 14.7. The summed E-state index contributed by atoms with van der Waals surface area (Å²) in [5, 5.41) is 3.04. The van der Waals surface area contributed by atoms with Crippen LogP contribution in [0.4, 0.5) is 0 Å². The molecular formula is C17H26N2O3S2. The minimum atomic E-state index is -3.18. The van der Waals surface area contributed by atoms with E-state index >= 15 is 0 Å². The number of carbonyl (C=O) groups is 1. The van der Waals surface area contributed by atoms with Crippen molar-refractivity contribution in [2.45, 2.75) is 57.4 Å². The number of aryl methyl sites for hydroxylation is 2. The van der Waals surface area contributed by atoms with Gasteiger partial charge in [0.2, 0.25) is 10.0 Å². The lowest BCUT2D eigenvalue weighted by Crippen LogP contribution is -2.49. The van der Waals surface area contributed by atoms with E-state index in [9.17, 15) is 13.2 Å². The summed E-state index contributed by atoms with van der Waals surface area (Å²) in [6.45, 7) is 0.939. The Bertz CT molecular complexity index is 671. The molecule has 1 saturated heterocycles. The molecular weight excluding hydrogens is 344 g/mol. The molecule has 1 fully saturated rings. The Balaban J connectivity index is 1.65. The maximum atomic E-state index is 12.6. The largest absolute Gasteiger partial charge is 0.347 e. The average molecular weight is 371 g/mol. The van der Waals surface area contributed by atoms with Crippen molar-refractivity contribution in [2.75, 3.05) is 19.3 Å². The van der Waals surface area contributed by atoms with E-state index in [2.05, 4.69) is 11.4 Å². The van der Waals surface area contributed by atoms with Gasteiger partial charge in [-0.15, -0.1) is 11.3 Å². The van der Waals surface area contributed by atoms with Crippen molar-refractivity contribution in [1.82, 2.24) is 9.62 Å². The Hall–Kier alpha value is -0.920. The average Bonchev–Trinajstić information content (AvgIpc) is 2.89. The van der Waals surface area contributed by atoms with E-state index < -0.39 is 10.0 Å². The lowest BCUT2D eigenvalue weighted by atomic mass is 10.00. The minimum absolute atomic E-state index is 0.0490. The standard InChI is InChI=1S/C17H26N2O3S2/c1-24(21,22)19-10-6-8-14(12-19)18-17(20)16-11-13-7-4-2-3-5-9-15(13)23-16/h11,14H,2-10,12H2,1H3,(H,18,20)/t14-/m0/s1. The molecule has 2 heterocycles. The lowest BCUT2D eigenvalue weighted by molar-refractivity contribution is 0.0925. The van der Waals surface area contributed by atoms with Gasteiger partial charge in [-0.05, 0) is 50.2 Å². The number of fused-ring (bicyclic) bond motifs is 1. The van der Waals surface area contributed by atoms with Gasteiger partial charge in [-0.25, -0.2) is 12.7 Å². The van der Waals surface area contributed by atoms with E-state index in [1.54, 1.807) is 11.3 Å². The van der Waals surface area contributed by atoms with Gasteiger partial charge in [-0.3, -0.25) is 4.79 Å². The number of piperidine rings is 1. The summed E-state index contributed by atoms with van der Waals surface area (Å²) in [6, 6.07) is 1.96. The third-order valence-corrected chi connectivity index (χ3v) is 7.41. The number of nitrogens with one attached hydrogen (secondary N) is 1. The summed E-state index contributed by atoms with van der Waals surface area (Å²) >= 11 is 1.62. The van der Waals surface area contributed by atoms with Gasteiger partial charge < -0.3 is 5.32 Å². The van der Waals surface area contributed by atoms with Crippen LogP contribution in [0.5, 0.6) is 0 Å². The van der Waals surface area contributed by atoms with Gasteiger partial charge in [0.15, 0.2) is 0 Å². The molecule has 7 heteroatoms. The zero-order chi connectivity index (χ0) is 17.2. The zero-order valence-electron chi connectivity index (χ0n) is 14.2. The molecule has 0 aromatic carbocycles. The molecule has 1 aromatic heterocycles. The van der Waals surface area contributed by atoms with E-state index in [-0.39, 0.29) is 11.9 Å². The summed E-state index contributed by atoms with van der Waals surface area (Å²) < 4.78 is 24.9. The summed E-state index contributed by atoms with van der Waals surface area (Å²) in [7, 11) is -3.18. The number of carbonyl (C=O) groups excluding carboxylic acids is 1. The fourth-order valence-electron chi connectivity index (χ4n) is 3.57. The topological polar surface area (TPSA) is 66.5 Å². The zero-order valence-corrected chi connectivity index (χ0v) is 15.8. The van der Waals surface area contributed by atoms with E-state index in [4.69, 9.17) is 0 Å². The fourth-order valence-corrected chi connectivity index (χ4v) is 5.64. The fraction of sp³-hybridized carbons (Fsp3) is 0.706. The number of sulfonamides is 1. The van der Waals surface area contributed by atoms with Crippen molar-refractivity contribution in [3.63, 3.8) is 0 Å². The second kappa shape index (κ2) is 7.54. The Kier molecular flexibility index (Phi) is 5.62. The number of hydrogen-bond acceptors (Lipinski definition) is 4. The highest BCUT2D eigenvalue weighted by Crippen LogP contribution is 2.28. The van der Waals surface area contributed by atoms with Crippen LogP contribution >= 0.6 is 11.3 Å². The number of amides is 1. The Labute approximate surface area is 148 Å². The molecule has 1 aliphatic heterocycles. The van der Waals surface area contributed by atoms with Crippen LogP contribution in [0.1, 0.15) is 58.6 Å². The second-order valence-corrected chi connectivity index (χ2v) is 10.0. The molecule has 1 N–H and O–H groups in total. The number of rotatable bonds is 3. The SMILES string of the molecule is CS(=O)(=O)N1CCC[C@H](NC(=O)c2cc3c(s2)CCCCCC3)C1. The first kappa shape index (κ1) is 17.9. The molecule has 1 aromatic rings. The first-order valence-corrected chi connectivity index (χ1v) is 11.5. The number of thiophene rings is 1. The Morgan fingerprint density at radius 1 is 1.21 bits per heavy atom. The molecule has 1 atom stereocenters. The summed E-state index contributed by atoms with van der Waals surface area (Å²) in [6.07, 6.45) is 9.99. The maximum Gasteiger partial charge on any atom is 0.261 e.